The van der Waals surface area contributed by atoms with Crippen LogP contribution in [0.4, 0.5) is 14.6 Å². The Bertz CT molecular complexity index is 517. The molecule has 0 aliphatic rings. The van der Waals surface area contributed by atoms with Crippen LogP contribution in [-0.2, 0) is 6.54 Å². The van der Waals surface area contributed by atoms with Gasteiger partial charge in [0.1, 0.15) is 11.6 Å². The molecule has 1 aromatic heterocycles. The molecule has 0 unspecified atom stereocenters. The maximum Gasteiger partial charge on any atom is 0.333 e. The van der Waals surface area contributed by atoms with Gasteiger partial charge in [-0.3, -0.25) is 0 Å². The lowest BCUT2D eigenvalue weighted by Crippen LogP contribution is -2.03. The van der Waals surface area contributed by atoms with Crippen molar-refractivity contribution in [1.29, 1.82) is 0 Å². The van der Waals surface area contributed by atoms with Crippen molar-refractivity contribution >= 4 is 18.2 Å². The summed E-state index contributed by atoms with van der Waals surface area (Å²) in [6, 6.07) is 9.10. The van der Waals surface area contributed by atoms with Gasteiger partial charge in [0.2, 0.25) is 0 Å². The lowest BCUT2D eigenvalue weighted by molar-refractivity contribution is 0.0569. The quantitative estimate of drug-likeness (QED) is 0.884. The molecule has 2 aromatic rings. The highest BCUT2D eigenvalue weighted by Gasteiger charge is 2.06. The standard InChI is InChI=1S/C13H15F2N3O.ClH/c1-2-19-11-5-3-10(4-6-11)9-16-12-7-8-18(17-12)13(14)15;/h3-8,13H,2,9H2,1H3,(H,16,17);1H. The van der Waals surface area contributed by atoms with Crippen LogP contribution in [0.5, 0.6) is 5.75 Å². The fourth-order valence-electron chi connectivity index (χ4n) is 1.60. The molecule has 20 heavy (non-hydrogen) atoms. The van der Waals surface area contributed by atoms with E-state index in [1.807, 2.05) is 31.2 Å². The summed E-state index contributed by atoms with van der Waals surface area (Å²) < 4.78 is 30.6. The number of nitrogens with one attached hydrogen (secondary N) is 1. The lowest BCUT2D eigenvalue weighted by Gasteiger charge is -2.06. The number of ether oxygens (including phenoxy) is 1. The maximum atomic E-state index is 12.3. The minimum Gasteiger partial charge on any atom is -0.494 e. The highest BCUT2D eigenvalue weighted by Crippen LogP contribution is 2.15. The number of hydrogen-bond donors (Lipinski definition) is 1. The first-order valence-corrected chi connectivity index (χ1v) is 5.98. The Balaban J connectivity index is 0.00000200. The van der Waals surface area contributed by atoms with E-state index in [4.69, 9.17) is 4.74 Å². The van der Waals surface area contributed by atoms with Crippen molar-refractivity contribution in [1.82, 2.24) is 9.78 Å². The van der Waals surface area contributed by atoms with E-state index in [1.54, 1.807) is 0 Å². The second-order valence-corrected chi connectivity index (χ2v) is 3.89. The molecule has 0 saturated heterocycles. The number of rotatable bonds is 6. The Morgan fingerprint density at radius 2 is 1.95 bits per heavy atom. The second kappa shape index (κ2) is 7.69. The van der Waals surface area contributed by atoms with Crippen molar-refractivity contribution in [3.8, 4) is 5.75 Å². The van der Waals surface area contributed by atoms with Gasteiger partial charge in [-0.1, -0.05) is 12.1 Å². The Morgan fingerprint density at radius 3 is 2.50 bits per heavy atom. The number of halogens is 3. The SMILES string of the molecule is CCOc1ccc(CNc2ccn(C(F)F)n2)cc1.Cl. The van der Waals surface area contributed by atoms with E-state index in [0.717, 1.165) is 11.3 Å². The zero-order valence-corrected chi connectivity index (χ0v) is 11.7. The molecule has 110 valence electrons. The zero-order valence-electron chi connectivity index (χ0n) is 10.9. The van der Waals surface area contributed by atoms with Gasteiger partial charge in [0.25, 0.3) is 0 Å². The van der Waals surface area contributed by atoms with Gasteiger partial charge in [-0.05, 0) is 24.6 Å². The summed E-state index contributed by atoms with van der Waals surface area (Å²) in [6.45, 7) is 0.463. The molecule has 2 rings (SSSR count). The zero-order chi connectivity index (χ0) is 13.7. The van der Waals surface area contributed by atoms with Crippen molar-refractivity contribution in [3.63, 3.8) is 0 Å². The number of nitrogens with zero attached hydrogens (tertiary/aromatic N) is 2. The van der Waals surface area contributed by atoms with E-state index in [0.29, 0.717) is 23.7 Å². The van der Waals surface area contributed by atoms with Gasteiger partial charge in [-0.2, -0.15) is 13.9 Å². The molecule has 1 N–H and O–H groups in total. The van der Waals surface area contributed by atoms with Crippen LogP contribution >= 0.6 is 12.4 Å². The van der Waals surface area contributed by atoms with Gasteiger partial charge in [0.05, 0.1) is 6.61 Å². The van der Waals surface area contributed by atoms with Crippen LogP contribution in [0.15, 0.2) is 36.5 Å². The summed E-state index contributed by atoms with van der Waals surface area (Å²) in [5.74, 6) is 1.24. The highest BCUT2D eigenvalue weighted by molar-refractivity contribution is 5.85. The summed E-state index contributed by atoms with van der Waals surface area (Å²) in [5.41, 5.74) is 1.02. The Kier molecular flexibility index (Phi) is 6.24. The fourth-order valence-corrected chi connectivity index (χ4v) is 1.60. The van der Waals surface area contributed by atoms with Gasteiger partial charge in [0.15, 0.2) is 0 Å². The molecule has 1 aromatic carbocycles. The van der Waals surface area contributed by atoms with Gasteiger partial charge in [-0.15, -0.1) is 12.4 Å². The van der Waals surface area contributed by atoms with Gasteiger partial charge < -0.3 is 10.1 Å². The molecule has 0 spiro atoms. The van der Waals surface area contributed by atoms with Crippen LogP contribution < -0.4 is 10.1 Å². The van der Waals surface area contributed by atoms with Crippen LogP contribution in [-0.4, -0.2) is 16.4 Å². The van der Waals surface area contributed by atoms with E-state index in [2.05, 4.69) is 10.4 Å². The largest absolute Gasteiger partial charge is 0.494 e. The van der Waals surface area contributed by atoms with E-state index in [9.17, 15) is 8.78 Å². The molecule has 7 heteroatoms. The third-order valence-electron chi connectivity index (χ3n) is 2.52. The van der Waals surface area contributed by atoms with E-state index < -0.39 is 6.55 Å². The molecule has 0 amide bonds. The first-order chi connectivity index (χ1) is 9.19. The van der Waals surface area contributed by atoms with E-state index in [-0.39, 0.29) is 12.4 Å². The Hall–Kier alpha value is -1.82. The fraction of sp³-hybridized carbons (Fsp3) is 0.308. The molecule has 0 bridgehead atoms. The van der Waals surface area contributed by atoms with Crippen molar-refractivity contribution < 1.29 is 13.5 Å². The number of alkyl halides is 2. The third-order valence-corrected chi connectivity index (χ3v) is 2.52. The van der Waals surface area contributed by atoms with Gasteiger partial charge in [0, 0.05) is 18.8 Å². The smallest absolute Gasteiger partial charge is 0.333 e. The maximum absolute atomic E-state index is 12.3. The molecule has 0 fully saturated rings. The summed E-state index contributed by atoms with van der Waals surface area (Å²) in [4.78, 5) is 0. The predicted molar refractivity (Wildman–Crippen MR) is 75.7 cm³/mol. The van der Waals surface area contributed by atoms with Crippen molar-refractivity contribution in [2.75, 3.05) is 11.9 Å². The average molecular weight is 304 g/mol. The van der Waals surface area contributed by atoms with E-state index in [1.165, 1.54) is 12.3 Å². The van der Waals surface area contributed by atoms with Gasteiger partial charge >= 0.3 is 6.55 Å². The molecule has 1 heterocycles. The Labute approximate surface area is 122 Å². The number of aromatic nitrogens is 2. The second-order valence-electron chi connectivity index (χ2n) is 3.89. The number of hydrogen-bond acceptors (Lipinski definition) is 3. The van der Waals surface area contributed by atoms with Crippen molar-refractivity contribution in [3.05, 3.63) is 42.1 Å². The summed E-state index contributed by atoms with van der Waals surface area (Å²) >= 11 is 0. The average Bonchev–Trinajstić information content (AvgIpc) is 2.87. The predicted octanol–water partition coefficient (Wildman–Crippen LogP) is 3.71. The molecule has 0 aliphatic carbocycles. The Morgan fingerprint density at radius 1 is 1.25 bits per heavy atom. The van der Waals surface area contributed by atoms with Crippen LogP contribution in [0, 0.1) is 0 Å². The van der Waals surface area contributed by atoms with Crippen LogP contribution in [0.3, 0.4) is 0 Å². The first kappa shape index (κ1) is 16.2. The van der Waals surface area contributed by atoms with Gasteiger partial charge in [-0.25, -0.2) is 4.68 Å². The van der Waals surface area contributed by atoms with Crippen molar-refractivity contribution in [2.45, 2.75) is 20.0 Å². The molecule has 0 radical (unpaired) electrons. The summed E-state index contributed by atoms with van der Waals surface area (Å²) in [6.07, 6.45) is 1.24. The number of anilines is 1. The number of benzene rings is 1. The molecular formula is C13H16ClF2N3O. The van der Waals surface area contributed by atoms with Crippen LogP contribution in [0.1, 0.15) is 19.0 Å². The first-order valence-electron chi connectivity index (χ1n) is 5.98. The van der Waals surface area contributed by atoms with Crippen LogP contribution in [0.25, 0.3) is 0 Å². The van der Waals surface area contributed by atoms with Crippen LogP contribution in [0.2, 0.25) is 0 Å². The molecule has 0 atom stereocenters. The normalized spacial score (nSPS) is 10.2. The molecule has 0 aliphatic heterocycles. The minimum atomic E-state index is -2.61. The highest BCUT2D eigenvalue weighted by atomic mass is 35.5. The summed E-state index contributed by atoms with van der Waals surface area (Å²) in [5, 5.41) is 6.68. The van der Waals surface area contributed by atoms with E-state index >= 15 is 0 Å². The molecule has 4 nitrogen and oxygen atoms in total. The van der Waals surface area contributed by atoms with Crippen molar-refractivity contribution in [2.24, 2.45) is 0 Å². The third kappa shape index (κ3) is 4.38. The monoisotopic (exact) mass is 303 g/mol. The summed E-state index contributed by atoms with van der Waals surface area (Å²) in [7, 11) is 0. The lowest BCUT2D eigenvalue weighted by atomic mass is 10.2. The molecular weight excluding hydrogens is 288 g/mol. The molecule has 0 saturated carbocycles. The topological polar surface area (TPSA) is 39.1 Å². The minimum absolute atomic E-state index is 0.